The maximum Gasteiger partial charge on any atom is 0.311 e. The lowest BCUT2D eigenvalue weighted by Gasteiger charge is -2.05. The SMILES string of the molecule is CC(=O)O.CCOC(=O)CC(C)=NNc1nc(C)cc(Sc2nnc(SCC)s2)n1. The Kier molecular flexibility index (Phi) is 11.9. The zero-order valence-electron chi connectivity index (χ0n) is 17.3. The van der Waals surface area contributed by atoms with Gasteiger partial charge in [-0.1, -0.05) is 30.0 Å². The van der Waals surface area contributed by atoms with Gasteiger partial charge in [0.25, 0.3) is 5.97 Å². The van der Waals surface area contributed by atoms with E-state index in [2.05, 4.69) is 37.6 Å². The Labute approximate surface area is 187 Å². The molecule has 0 bridgehead atoms. The summed E-state index contributed by atoms with van der Waals surface area (Å²) in [6.45, 7) is 8.90. The minimum atomic E-state index is -0.833. The first-order chi connectivity index (χ1) is 14.2. The van der Waals surface area contributed by atoms with E-state index in [0.29, 0.717) is 18.3 Å². The topological polar surface area (TPSA) is 140 Å². The van der Waals surface area contributed by atoms with E-state index in [9.17, 15) is 4.79 Å². The van der Waals surface area contributed by atoms with Crippen molar-refractivity contribution in [2.45, 2.75) is 54.7 Å². The highest BCUT2D eigenvalue weighted by atomic mass is 32.2. The van der Waals surface area contributed by atoms with Crippen LogP contribution in [0.4, 0.5) is 5.95 Å². The summed E-state index contributed by atoms with van der Waals surface area (Å²) in [6.07, 6.45) is 0.122. The van der Waals surface area contributed by atoms with E-state index in [1.807, 2.05) is 13.0 Å². The molecule has 0 atom stereocenters. The summed E-state index contributed by atoms with van der Waals surface area (Å²) in [5, 5.41) is 20.6. The number of aliphatic carboxylic acids is 1. The molecule has 13 heteroatoms. The van der Waals surface area contributed by atoms with E-state index in [4.69, 9.17) is 14.6 Å². The highest BCUT2D eigenvalue weighted by molar-refractivity contribution is 8.03. The maximum atomic E-state index is 11.4. The van der Waals surface area contributed by atoms with E-state index in [1.165, 1.54) is 23.1 Å². The van der Waals surface area contributed by atoms with Crippen LogP contribution in [0.25, 0.3) is 0 Å². The van der Waals surface area contributed by atoms with Gasteiger partial charge >= 0.3 is 5.97 Å². The summed E-state index contributed by atoms with van der Waals surface area (Å²) in [4.78, 5) is 29.2. The van der Waals surface area contributed by atoms with Crippen molar-refractivity contribution >= 4 is 58.5 Å². The van der Waals surface area contributed by atoms with Crippen molar-refractivity contribution in [3.8, 4) is 0 Å². The van der Waals surface area contributed by atoms with E-state index in [0.717, 1.165) is 32.1 Å². The second-order valence-corrected chi connectivity index (χ2v) is 9.26. The molecule has 0 unspecified atom stereocenters. The number of nitrogens with zero attached hydrogens (tertiary/aromatic N) is 5. The fraction of sp³-hybridized carbons (Fsp3) is 0.471. The molecule has 0 saturated heterocycles. The Morgan fingerprint density at radius 2 is 1.90 bits per heavy atom. The summed E-state index contributed by atoms with van der Waals surface area (Å²) in [7, 11) is 0. The molecule has 0 amide bonds. The van der Waals surface area contributed by atoms with E-state index in [1.54, 1.807) is 25.6 Å². The molecule has 0 spiro atoms. The molecule has 0 aliphatic carbocycles. The number of aromatic nitrogens is 4. The number of carbonyl (C=O) groups is 2. The number of esters is 1. The van der Waals surface area contributed by atoms with Crippen molar-refractivity contribution in [2.24, 2.45) is 5.10 Å². The van der Waals surface area contributed by atoms with Gasteiger partial charge in [-0.25, -0.2) is 15.4 Å². The molecular formula is C17H24N6O4S3. The van der Waals surface area contributed by atoms with Gasteiger partial charge in [-0.3, -0.25) is 9.59 Å². The number of ether oxygens (including phenoxy) is 1. The van der Waals surface area contributed by atoms with Gasteiger partial charge in [0.05, 0.1) is 13.0 Å². The molecule has 0 saturated carbocycles. The first kappa shape index (κ1) is 25.8. The number of carboxylic acids is 1. The molecule has 30 heavy (non-hydrogen) atoms. The molecule has 2 aromatic rings. The first-order valence-corrected chi connectivity index (χ1v) is 11.5. The van der Waals surface area contributed by atoms with Crippen molar-refractivity contribution in [1.29, 1.82) is 0 Å². The number of anilines is 1. The Bertz CT molecular complexity index is 871. The number of hydrogen-bond acceptors (Lipinski definition) is 12. The molecular weight excluding hydrogens is 448 g/mol. The molecule has 0 radical (unpaired) electrons. The van der Waals surface area contributed by atoms with Gasteiger partial charge in [-0.05, 0) is 44.4 Å². The third kappa shape index (κ3) is 11.1. The lowest BCUT2D eigenvalue weighted by atomic mass is 10.3. The zero-order chi connectivity index (χ0) is 22.5. The van der Waals surface area contributed by atoms with Crippen LogP contribution in [0.3, 0.4) is 0 Å². The van der Waals surface area contributed by atoms with E-state index in [-0.39, 0.29) is 12.4 Å². The fourth-order valence-corrected chi connectivity index (χ4v) is 4.68. The van der Waals surface area contributed by atoms with Crippen molar-refractivity contribution in [2.75, 3.05) is 17.8 Å². The number of carbonyl (C=O) groups excluding carboxylic acids is 1. The summed E-state index contributed by atoms with van der Waals surface area (Å²) in [5.74, 6) is 0.181. The molecule has 2 aromatic heterocycles. The number of hydrazone groups is 1. The average molecular weight is 473 g/mol. The smallest absolute Gasteiger partial charge is 0.311 e. The fourth-order valence-electron chi connectivity index (χ4n) is 1.76. The number of aryl methyl sites for hydroxylation is 1. The van der Waals surface area contributed by atoms with Crippen LogP contribution in [0.1, 0.15) is 39.8 Å². The normalized spacial score (nSPS) is 10.8. The zero-order valence-corrected chi connectivity index (χ0v) is 19.8. The Morgan fingerprint density at radius 1 is 1.23 bits per heavy atom. The molecule has 2 N–H and O–H groups in total. The Morgan fingerprint density at radius 3 is 2.53 bits per heavy atom. The van der Waals surface area contributed by atoms with Gasteiger partial charge in [0, 0.05) is 18.3 Å². The number of thioether (sulfide) groups is 1. The highest BCUT2D eigenvalue weighted by Crippen LogP contribution is 2.32. The highest BCUT2D eigenvalue weighted by Gasteiger charge is 2.10. The third-order valence-electron chi connectivity index (χ3n) is 2.73. The molecule has 0 aliphatic heterocycles. The molecule has 0 aliphatic rings. The number of carboxylic acid groups (broad SMARTS) is 1. The summed E-state index contributed by atoms with van der Waals surface area (Å²) in [5.41, 5.74) is 4.18. The second-order valence-electron chi connectivity index (χ2n) is 5.50. The summed E-state index contributed by atoms with van der Waals surface area (Å²) in [6, 6.07) is 1.87. The van der Waals surface area contributed by atoms with Crippen LogP contribution < -0.4 is 5.43 Å². The predicted octanol–water partition coefficient (Wildman–Crippen LogP) is 3.73. The van der Waals surface area contributed by atoms with Crippen LogP contribution in [-0.2, 0) is 14.3 Å². The van der Waals surface area contributed by atoms with Crippen molar-refractivity contribution in [1.82, 2.24) is 20.2 Å². The largest absolute Gasteiger partial charge is 0.481 e. The van der Waals surface area contributed by atoms with Crippen LogP contribution in [0.5, 0.6) is 0 Å². The van der Waals surface area contributed by atoms with Crippen molar-refractivity contribution in [3.05, 3.63) is 11.8 Å². The molecule has 0 aromatic carbocycles. The molecule has 2 heterocycles. The van der Waals surface area contributed by atoms with Gasteiger partial charge in [0.2, 0.25) is 5.95 Å². The van der Waals surface area contributed by atoms with Gasteiger partial charge in [-0.2, -0.15) is 5.10 Å². The van der Waals surface area contributed by atoms with Crippen LogP contribution in [0.2, 0.25) is 0 Å². The number of rotatable bonds is 9. The Balaban J connectivity index is 0.00000103. The standard InChI is InChI=1S/C15H20N6O2S3.C2H4O2/c1-5-23-12(22)8-10(4)18-19-13-16-9(3)7-11(17-13)25-15-21-20-14(26-15)24-6-2;1-2(3)4/h7H,5-6,8H2,1-4H3,(H,16,17,19);1H3,(H,3,4). The quantitative estimate of drug-likeness (QED) is 0.181. The minimum Gasteiger partial charge on any atom is -0.481 e. The predicted molar refractivity (Wildman–Crippen MR) is 118 cm³/mol. The lowest BCUT2D eigenvalue weighted by Crippen LogP contribution is -2.10. The lowest BCUT2D eigenvalue weighted by molar-refractivity contribution is -0.141. The van der Waals surface area contributed by atoms with Gasteiger partial charge in [-0.15, -0.1) is 10.2 Å². The van der Waals surface area contributed by atoms with E-state index >= 15 is 0 Å². The van der Waals surface area contributed by atoms with Gasteiger partial charge in [0.15, 0.2) is 8.68 Å². The van der Waals surface area contributed by atoms with E-state index < -0.39 is 5.97 Å². The minimum absolute atomic E-state index is 0.122. The van der Waals surface area contributed by atoms with Crippen LogP contribution in [-0.4, -0.2) is 55.3 Å². The summed E-state index contributed by atoms with van der Waals surface area (Å²) >= 11 is 4.63. The van der Waals surface area contributed by atoms with Crippen molar-refractivity contribution in [3.63, 3.8) is 0 Å². The first-order valence-electron chi connectivity index (χ1n) is 8.87. The van der Waals surface area contributed by atoms with Crippen LogP contribution >= 0.6 is 34.9 Å². The average Bonchev–Trinajstić information content (AvgIpc) is 3.06. The van der Waals surface area contributed by atoms with Gasteiger partial charge < -0.3 is 9.84 Å². The molecule has 2 rings (SSSR count). The second kappa shape index (κ2) is 13.9. The third-order valence-corrected chi connectivity index (χ3v) is 5.64. The van der Waals surface area contributed by atoms with Gasteiger partial charge in [0.1, 0.15) is 5.03 Å². The summed E-state index contributed by atoms with van der Waals surface area (Å²) < 4.78 is 6.66. The number of hydrogen-bond donors (Lipinski definition) is 2. The monoisotopic (exact) mass is 472 g/mol. The molecule has 164 valence electrons. The van der Waals surface area contributed by atoms with Crippen LogP contribution in [0, 0.1) is 6.92 Å². The number of nitrogens with one attached hydrogen (secondary N) is 1. The van der Waals surface area contributed by atoms with Crippen molar-refractivity contribution < 1.29 is 19.4 Å². The Hall–Kier alpha value is -2.25. The maximum absolute atomic E-state index is 11.4. The molecule has 10 nitrogen and oxygen atoms in total. The van der Waals surface area contributed by atoms with Crippen LogP contribution in [0.15, 0.2) is 24.9 Å². The molecule has 0 fully saturated rings.